The molecule has 0 amide bonds. The standard InChI is InChI=1S/C8H10NO3P/c1-2-3-7-4-5-9-8(6-7)13(10,11)12/h2,4-6H,1,3H2,(H2,10,11,12). The van der Waals surface area contributed by atoms with Crippen LogP contribution in [0.5, 0.6) is 0 Å². The highest BCUT2D eigenvalue weighted by atomic mass is 31.2. The molecule has 1 rings (SSSR count). The Morgan fingerprint density at radius 2 is 2.31 bits per heavy atom. The van der Waals surface area contributed by atoms with Crippen molar-refractivity contribution in [3.63, 3.8) is 0 Å². The fourth-order valence-electron chi connectivity index (χ4n) is 0.914. The van der Waals surface area contributed by atoms with E-state index in [1.807, 2.05) is 0 Å². The second-order valence-corrected chi connectivity index (χ2v) is 4.11. The molecular weight excluding hydrogens is 189 g/mol. The van der Waals surface area contributed by atoms with Crippen LogP contribution < -0.4 is 5.44 Å². The zero-order valence-corrected chi connectivity index (χ0v) is 7.82. The molecule has 1 aromatic heterocycles. The van der Waals surface area contributed by atoms with Gasteiger partial charge in [-0.1, -0.05) is 6.08 Å². The number of rotatable bonds is 3. The first-order valence-electron chi connectivity index (χ1n) is 3.66. The van der Waals surface area contributed by atoms with E-state index in [-0.39, 0.29) is 5.44 Å². The molecule has 0 spiro atoms. The van der Waals surface area contributed by atoms with E-state index < -0.39 is 7.60 Å². The lowest BCUT2D eigenvalue weighted by Crippen LogP contribution is -2.09. The van der Waals surface area contributed by atoms with Crippen molar-refractivity contribution in [2.45, 2.75) is 6.42 Å². The van der Waals surface area contributed by atoms with Crippen LogP contribution in [-0.4, -0.2) is 14.8 Å². The van der Waals surface area contributed by atoms with Crippen molar-refractivity contribution >= 4 is 13.0 Å². The number of allylic oxidation sites excluding steroid dienone is 1. The monoisotopic (exact) mass is 199 g/mol. The van der Waals surface area contributed by atoms with E-state index in [2.05, 4.69) is 11.6 Å². The smallest absolute Gasteiger partial charge is 0.320 e. The van der Waals surface area contributed by atoms with Gasteiger partial charge in [0.1, 0.15) is 0 Å². The van der Waals surface area contributed by atoms with Gasteiger partial charge >= 0.3 is 7.60 Å². The quantitative estimate of drug-likeness (QED) is 0.552. The van der Waals surface area contributed by atoms with Crippen molar-refractivity contribution in [1.82, 2.24) is 4.98 Å². The third kappa shape index (κ3) is 2.77. The Labute approximate surface area is 76.1 Å². The first kappa shape index (κ1) is 10.1. The fraction of sp³-hybridized carbons (Fsp3) is 0.125. The summed E-state index contributed by atoms with van der Waals surface area (Å²) in [7, 11) is -4.21. The van der Waals surface area contributed by atoms with Crippen LogP contribution in [0.15, 0.2) is 31.0 Å². The zero-order chi connectivity index (χ0) is 9.90. The predicted molar refractivity (Wildman–Crippen MR) is 49.8 cm³/mol. The topological polar surface area (TPSA) is 70.4 Å². The SMILES string of the molecule is C=CCc1ccnc(P(=O)(O)O)c1. The van der Waals surface area contributed by atoms with Gasteiger partial charge < -0.3 is 9.79 Å². The summed E-state index contributed by atoms with van der Waals surface area (Å²) in [4.78, 5) is 21.2. The molecule has 0 unspecified atom stereocenters. The van der Waals surface area contributed by atoms with Gasteiger partial charge in [0.15, 0.2) is 5.44 Å². The number of nitrogens with zero attached hydrogens (tertiary/aromatic N) is 1. The van der Waals surface area contributed by atoms with Gasteiger partial charge in [-0.3, -0.25) is 4.57 Å². The molecule has 2 N–H and O–H groups in total. The number of hydrogen-bond acceptors (Lipinski definition) is 2. The average molecular weight is 199 g/mol. The number of pyridine rings is 1. The fourth-order valence-corrected chi connectivity index (χ4v) is 1.46. The molecule has 0 bridgehead atoms. The van der Waals surface area contributed by atoms with Crippen LogP contribution in [0.4, 0.5) is 0 Å². The van der Waals surface area contributed by atoms with Crippen molar-refractivity contribution in [2.75, 3.05) is 0 Å². The van der Waals surface area contributed by atoms with Gasteiger partial charge in [0.25, 0.3) is 0 Å². The summed E-state index contributed by atoms with van der Waals surface area (Å²) in [6.45, 7) is 3.53. The number of aromatic nitrogens is 1. The summed E-state index contributed by atoms with van der Waals surface area (Å²) < 4.78 is 10.8. The Kier molecular flexibility index (Phi) is 2.98. The van der Waals surface area contributed by atoms with Gasteiger partial charge in [-0.2, -0.15) is 0 Å². The Morgan fingerprint density at radius 1 is 1.62 bits per heavy atom. The minimum absolute atomic E-state index is 0.188. The Hall–Kier alpha value is -0.960. The lowest BCUT2D eigenvalue weighted by molar-refractivity contribution is 0.386. The molecule has 0 aliphatic heterocycles. The van der Waals surface area contributed by atoms with Gasteiger partial charge in [-0.15, -0.1) is 6.58 Å². The van der Waals surface area contributed by atoms with E-state index in [4.69, 9.17) is 9.79 Å². The maximum absolute atomic E-state index is 10.8. The largest absolute Gasteiger partial charge is 0.374 e. The highest BCUT2D eigenvalue weighted by molar-refractivity contribution is 7.60. The molecule has 0 saturated carbocycles. The Morgan fingerprint density at radius 3 is 2.85 bits per heavy atom. The normalized spacial score (nSPS) is 11.2. The van der Waals surface area contributed by atoms with Crippen LogP contribution in [-0.2, 0) is 11.0 Å². The summed E-state index contributed by atoms with van der Waals surface area (Å²) in [6.07, 6.45) is 3.63. The summed E-state index contributed by atoms with van der Waals surface area (Å²) in [5.74, 6) is 0. The van der Waals surface area contributed by atoms with Crippen LogP contribution in [0.2, 0.25) is 0 Å². The van der Waals surface area contributed by atoms with Crippen molar-refractivity contribution in [1.29, 1.82) is 0 Å². The van der Waals surface area contributed by atoms with Gasteiger partial charge in [0.05, 0.1) is 0 Å². The molecule has 0 aliphatic carbocycles. The van der Waals surface area contributed by atoms with Crippen LogP contribution >= 0.6 is 7.60 Å². The minimum Gasteiger partial charge on any atom is -0.320 e. The first-order valence-corrected chi connectivity index (χ1v) is 5.27. The molecule has 4 nitrogen and oxygen atoms in total. The van der Waals surface area contributed by atoms with E-state index in [1.165, 1.54) is 12.3 Å². The molecule has 0 saturated heterocycles. The van der Waals surface area contributed by atoms with E-state index >= 15 is 0 Å². The molecule has 0 aromatic carbocycles. The summed E-state index contributed by atoms with van der Waals surface area (Å²) in [5.41, 5.74) is 0.607. The summed E-state index contributed by atoms with van der Waals surface area (Å²) in [6, 6.07) is 3.09. The van der Waals surface area contributed by atoms with Crippen LogP contribution in [0.25, 0.3) is 0 Å². The molecule has 1 aromatic rings. The molecule has 0 radical (unpaired) electrons. The Balaban J connectivity index is 3.05. The van der Waals surface area contributed by atoms with Crippen LogP contribution in [0.1, 0.15) is 5.56 Å². The lowest BCUT2D eigenvalue weighted by atomic mass is 10.2. The minimum atomic E-state index is -4.21. The molecule has 1 heterocycles. The van der Waals surface area contributed by atoms with E-state index in [0.717, 1.165) is 5.56 Å². The van der Waals surface area contributed by atoms with Crippen molar-refractivity contribution in [3.05, 3.63) is 36.5 Å². The molecular formula is C8H10NO3P. The molecule has 0 fully saturated rings. The second-order valence-electron chi connectivity index (χ2n) is 2.56. The van der Waals surface area contributed by atoms with Crippen molar-refractivity contribution in [3.8, 4) is 0 Å². The lowest BCUT2D eigenvalue weighted by Gasteiger charge is -2.03. The van der Waals surface area contributed by atoms with Gasteiger partial charge in [-0.05, 0) is 24.1 Å². The third-order valence-corrected chi connectivity index (χ3v) is 2.33. The maximum atomic E-state index is 10.8. The summed E-state index contributed by atoms with van der Waals surface area (Å²) >= 11 is 0. The molecule has 13 heavy (non-hydrogen) atoms. The highest BCUT2D eigenvalue weighted by Crippen LogP contribution is 2.31. The zero-order valence-electron chi connectivity index (χ0n) is 6.92. The molecule has 70 valence electrons. The predicted octanol–water partition coefficient (Wildman–Crippen LogP) is 0.613. The third-order valence-electron chi connectivity index (χ3n) is 1.49. The summed E-state index contributed by atoms with van der Waals surface area (Å²) in [5, 5.41) is 0. The first-order chi connectivity index (χ1) is 6.04. The van der Waals surface area contributed by atoms with Crippen molar-refractivity contribution < 1.29 is 14.4 Å². The molecule has 0 atom stereocenters. The maximum Gasteiger partial charge on any atom is 0.374 e. The second kappa shape index (κ2) is 3.83. The average Bonchev–Trinajstić information content (AvgIpc) is 2.04. The Bertz CT molecular complexity index is 358. The van der Waals surface area contributed by atoms with E-state index in [0.29, 0.717) is 6.42 Å². The van der Waals surface area contributed by atoms with Crippen LogP contribution in [0, 0.1) is 0 Å². The van der Waals surface area contributed by atoms with E-state index in [1.54, 1.807) is 12.1 Å². The highest BCUT2D eigenvalue weighted by Gasteiger charge is 2.18. The van der Waals surface area contributed by atoms with Crippen LogP contribution in [0.3, 0.4) is 0 Å². The molecule has 0 aliphatic rings. The van der Waals surface area contributed by atoms with Gasteiger partial charge in [-0.25, -0.2) is 4.98 Å². The van der Waals surface area contributed by atoms with Gasteiger partial charge in [0, 0.05) is 6.20 Å². The van der Waals surface area contributed by atoms with Gasteiger partial charge in [0.2, 0.25) is 0 Å². The van der Waals surface area contributed by atoms with Crippen molar-refractivity contribution in [2.24, 2.45) is 0 Å². The number of hydrogen-bond donors (Lipinski definition) is 2. The van der Waals surface area contributed by atoms with E-state index in [9.17, 15) is 4.57 Å². The molecule has 5 heteroatoms.